The van der Waals surface area contributed by atoms with Crippen molar-refractivity contribution >= 4 is 22.8 Å². The second-order valence-corrected chi connectivity index (χ2v) is 7.34. The van der Waals surface area contributed by atoms with Crippen LogP contribution in [0.3, 0.4) is 0 Å². The zero-order chi connectivity index (χ0) is 23.5. The van der Waals surface area contributed by atoms with Gasteiger partial charge in [-0.3, -0.25) is 14.4 Å². The van der Waals surface area contributed by atoms with Crippen molar-refractivity contribution in [2.75, 3.05) is 6.54 Å². The van der Waals surface area contributed by atoms with Gasteiger partial charge >= 0.3 is 5.97 Å². The zero-order valence-electron chi connectivity index (χ0n) is 17.6. The van der Waals surface area contributed by atoms with E-state index < -0.39 is 35.3 Å². The normalized spacial score (nSPS) is 10.7. The summed E-state index contributed by atoms with van der Waals surface area (Å²) in [6.07, 6.45) is 0. The number of aromatic hydroxyl groups is 1. The zero-order valence-corrected chi connectivity index (χ0v) is 17.6. The average molecular weight is 444 g/mol. The van der Waals surface area contributed by atoms with Crippen LogP contribution in [-0.4, -0.2) is 33.2 Å². The largest absolute Gasteiger partial charge is 0.506 e. The Hall–Kier alpha value is -4.59. The van der Waals surface area contributed by atoms with Gasteiger partial charge in [0, 0.05) is 12.4 Å². The molecule has 1 aromatic heterocycles. The Bertz CT molecular complexity index is 1410. The van der Waals surface area contributed by atoms with E-state index in [1.54, 1.807) is 18.2 Å². The maximum absolute atomic E-state index is 12.6. The maximum Gasteiger partial charge on any atom is 0.322 e. The summed E-state index contributed by atoms with van der Waals surface area (Å²) in [7, 11) is 1.48. The van der Waals surface area contributed by atoms with E-state index in [2.05, 4.69) is 5.32 Å². The third-order valence-electron chi connectivity index (χ3n) is 5.16. The number of hydrogen-bond acceptors (Lipinski definition) is 5. The van der Waals surface area contributed by atoms with Gasteiger partial charge in [-0.2, -0.15) is 0 Å². The number of ether oxygens (including phenoxy) is 1. The molecule has 3 N–H and O–H groups in total. The summed E-state index contributed by atoms with van der Waals surface area (Å²) >= 11 is 0. The summed E-state index contributed by atoms with van der Waals surface area (Å²) in [5.41, 5.74) is 0.787. The highest BCUT2D eigenvalue weighted by atomic mass is 16.5. The van der Waals surface area contributed by atoms with Crippen LogP contribution in [0.15, 0.2) is 77.6 Å². The van der Waals surface area contributed by atoms with Crippen LogP contribution in [0.2, 0.25) is 0 Å². The van der Waals surface area contributed by atoms with Crippen molar-refractivity contribution in [1.29, 1.82) is 0 Å². The number of hydrogen-bond donors (Lipinski definition) is 3. The van der Waals surface area contributed by atoms with Crippen LogP contribution < -0.4 is 15.6 Å². The molecule has 33 heavy (non-hydrogen) atoms. The molecule has 0 fully saturated rings. The molecular formula is C25H20N2O6. The van der Waals surface area contributed by atoms with E-state index in [0.717, 1.165) is 16.9 Å². The van der Waals surface area contributed by atoms with Crippen LogP contribution in [0, 0.1) is 0 Å². The highest BCUT2D eigenvalue weighted by Crippen LogP contribution is 2.32. The van der Waals surface area contributed by atoms with Crippen LogP contribution in [-0.2, 0) is 11.8 Å². The van der Waals surface area contributed by atoms with E-state index in [1.165, 1.54) is 11.6 Å². The third-order valence-corrected chi connectivity index (χ3v) is 5.16. The fourth-order valence-corrected chi connectivity index (χ4v) is 3.50. The molecule has 4 aromatic rings. The number of carbonyl (C=O) groups is 2. The number of para-hydroxylation sites is 1. The van der Waals surface area contributed by atoms with E-state index in [0.29, 0.717) is 16.7 Å². The number of pyridine rings is 1. The van der Waals surface area contributed by atoms with E-state index in [-0.39, 0.29) is 0 Å². The highest BCUT2D eigenvalue weighted by Gasteiger charge is 2.22. The Morgan fingerprint density at radius 3 is 2.24 bits per heavy atom. The fourth-order valence-electron chi connectivity index (χ4n) is 3.50. The Morgan fingerprint density at radius 1 is 0.939 bits per heavy atom. The summed E-state index contributed by atoms with van der Waals surface area (Å²) in [6, 6.07) is 21.9. The lowest BCUT2D eigenvalue weighted by Gasteiger charge is -2.13. The molecule has 0 aliphatic heterocycles. The molecule has 1 heterocycles. The van der Waals surface area contributed by atoms with E-state index in [9.17, 15) is 19.5 Å². The fraction of sp³-hybridized carbons (Fsp3) is 0.0800. The van der Waals surface area contributed by atoms with Crippen molar-refractivity contribution in [1.82, 2.24) is 9.88 Å². The minimum atomic E-state index is -1.26. The quantitative estimate of drug-likeness (QED) is 0.419. The number of aromatic nitrogens is 1. The van der Waals surface area contributed by atoms with Gasteiger partial charge in [0.2, 0.25) is 0 Å². The lowest BCUT2D eigenvalue weighted by atomic mass is 10.0. The predicted molar refractivity (Wildman–Crippen MR) is 123 cm³/mol. The summed E-state index contributed by atoms with van der Waals surface area (Å²) < 4.78 is 7.05. The van der Waals surface area contributed by atoms with E-state index in [4.69, 9.17) is 9.84 Å². The first kappa shape index (κ1) is 21.6. The molecule has 4 rings (SSSR count). The topological polar surface area (TPSA) is 118 Å². The SMILES string of the molecule is Cn1c(=O)c(C(=O)NCC(=O)O)c(O)c2cc(-c3ccc(Oc4ccccc4)cc3)ccc21. The predicted octanol–water partition coefficient (Wildman–Crippen LogP) is 3.52. The van der Waals surface area contributed by atoms with Crippen molar-refractivity contribution < 1.29 is 24.5 Å². The first-order chi connectivity index (χ1) is 15.8. The number of carbonyl (C=O) groups excluding carboxylic acids is 1. The molecular weight excluding hydrogens is 424 g/mol. The number of fused-ring (bicyclic) bond motifs is 1. The summed E-state index contributed by atoms with van der Waals surface area (Å²) in [5, 5.41) is 21.9. The van der Waals surface area contributed by atoms with Gasteiger partial charge in [-0.15, -0.1) is 0 Å². The van der Waals surface area contributed by atoms with Crippen LogP contribution in [0.5, 0.6) is 17.2 Å². The van der Waals surface area contributed by atoms with E-state index in [1.807, 2.05) is 54.6 Å². The van der Waals surface area contributed by atoms with Gasteiger partial charge in [0.1, 0.15) is 29.4 Å². The molecule has 166 valence electrons. The monoisotopic (exact) mass is 444 g/mol. The number of nitrogens with zero attached hydrogens (tertiary/aromatic N) is 1. The molecule has 0 aliphatic rings. The minimum Gasteiger partial charge on any atom is -0.506 e. The number of carboxylic acids is 1. The molecule has 0 atom stereocenters. The van der Waals surface area contributed by atoms with Crippen molar-refractivity contribution in [3.63, 3.8) is 0 Å². The number of aryl methyl sites for hydroxylation is 1. The second-order valence-electron chi connectivity index (χ2n) is 7.34. The highest BCUT2D eigenvalue weighted by molar-refractivity contribution is 6.03. The number of aliphatic carboxylic acids is 1. The van der Waals surface area contributed by atoms with Gasteiger partial charge in [0.25, 0.3) is 11.5 Å². The molecule has 8 heteroatoms. The molecule has 0 spiro atoms. The smallest absolute Gasteiger partial charge is 0.322 e. The van der Waals surface area contributed by atoms with Crippen LogP contribution in [0.1, 0.15) is 10.4 Å². The Balaban J connectivity index is 1.70. The molecule has 0 bridgehead atoms. The molecule has 0 saturated carbocycles. The summed E-state index contributed by atoms with van der Waals surface area (Å²) in [5.74, 6) is -1.33. The molecule has 3 aromatic carbocycles. The summed E-state index contributed by atoms with van der Waals surface area (Å²) in [4.78, 5) is 35.7. The van der Waals surface area contributed by atoms with Gasteiger partial charge in [-0.05, 0) is 47.5 Å². The van der Waals surface area contributed by atoms with Gasteiger partial charge in [-0.25, -0.2) is 0 Å². The average Bonchev–Trinajstić information content (AvgIpc) is 2.82. The van der Waals surface area contributed by atoms with Gasteiger partial charge in [0.15, 0.2) is 0 Å². The van der Waals surface area contributed by atoms with Crippen molar-refractivity contribution in [2.45, 2.75) is 0 Å². The number of nitrogens with one attached hydrogen (secondary N) is 1. The maximum atomic E-state index is 12.6. The molecule has 8 nitrogen and oxygen atoms in total. The lowest BCUT2D eigenvalue weighted by Crippen LogP contribution is -2.35. The van der Waals surface area contributed by atoms with Gasteiger partial charge < -0.3 is 24.8 Å². The van der Waals surface area contributed by atoms with E-state index >= 15 is 0 Å². The summed E-state index contributed by atoms with van der Waals surface area (Å²) in [6.45, 7) is -0.670. The minimum absolute atomic E-state index is 0.291. The van der Waals surface area contributed by atoms with Crippen LogP contribution in [0.4, 0.5) is 0 Å². The van der Waals surface area contributed by atoms with Crippen LogP contribution >= 0.6 is 0 Å². The Morgan fingerprint density at radius 2 is 1.58 bits per heavy atom. The van der Waals surface area contributed by atoms with Crippen molar-refractivity contribution in [3.05, 3.63) is 88.7 Å². The number of benzene rings is 3. The molecule has 0 unspecified atom stereocenters. The third kappa shape index (κ3) is 4.40. The van der Waals surface area contributed by atoms with Crippen LogP contribution in [0.25, 0.3) is 22.0 Å². The molecule has 1 amide bonds. The molecule has 0 aliphatic carbocycles. The van der Waals surface area contributed by atoms with Crippen molar-refractivity contribution in [2.24, 2.45) is 7.05 Å². The second kappa shape index (κ2) is 8.88. The molecule has 0 radical (unpaired) electrons. The Labute approximate surface area is 188 Å². The first-order valence-corrected chi connectivity index (χ1v) is 10.0. The number of carboxylic acid groups (broad SMARTS) is 1. The lowest BCUT2D eigenvalue weighted by molar-refractivity contribution is -0.135. The first-order valence-electron chi connectivity index (χ1n) is 10.0. The van der Waals surface area contributed by atoms with Gasteiger partial charge in [-0.1, -0.05) is 36.4 Å². The molecule has 0 saturated heterocycles. The number of rotatable bonds is 6. The van der Waals surface area contributed by atoms with Gasteiger partial charge in [0.05, 0.1) is 5.52 Å². The standard InChI is InChI=1S/C25H20N2O6/c1-27-20-12-9-16(15-7-10-18(11-8-15)33-17-5-3-2-4-6-17)13-19(20)23(30)22(25(27)32)24(31)26-14-21(28)29/h2-13,30H,14H2,1H3,(H,26,31)(H,28,29). The van der Waals surface area contributed by atoms with Crippen molar-refractivity contribution in [3.8, 4) is 28.4 Å². The Kier molecular flexibility index (Phi) is 5.82. The number of amides is 1.